The van der Waals surface area contributed by atoms with E-state index in [0.29, 0.717) is 5.70 Å². The summed E-state index contributed by atoms with van der Waals surface area (Å²) >= 11 is 5.82. The fraction of sp³-hybridized carbons (Fsp3) is 0.476. The van der Waals surface area contributed by atoms with Crippen molar-refractivity contribution in [1.29, 1.82) is 5.41 Å². The predicted molar refractivity (Wildman–Crippen MR) is 114 cm³/mol. The normalized spacial score (nSPS) is 19.1. The molecule has 8 nitrogen and oxygen atoms in total. The van der Waals surface area contributed by atoms with Gasteiger partial charge in [-0.3, -0.25) is 15.1 Å². The molecule has 1 atom stereocenters. The summed E-state index contributed by atoms with van der Waals surface area (Å²) in [5, 5.41) is 20.5. The molecule has 1 aromatic rings. The Morgan fingerprint density at radius 3 is 2.42 bits per heavy atom. The van der Waals surface area contributed by atoms with E-state index in [1.165, 1.54) is 17.0 Å². The third-order valence-corrected chi connectivity index (χ3v) is 5.06. The average Bonchev–Trinajstić information content (AvgIpc) is 2.61. The summed E-state index contributed by atoms with van der Waals surface area (Å²) in [7, 11) is 0. The first-order chi connectivity index (χ1) is 14.1. The van der Waals surface area contributed by atoms with Crippen LogP contribution in [0.15, 0.2) is 29.5 Å². The van der Waals surface area contributed by atoms with Gasteiger partial charge in [0.1, 0.15) is 34.3 Å². The minimum absolute atomic E-state index is 0.0446. The van der Waals surface area contributed by atoms with Gasteiger partial charge in [0.25, 0.3) is 5.91 Å². The Balaban J connectivity index is 2.53. The lowest BCUT2D eigenvalue weighted by Crippen LogP contribution is -2.97. The van der Waals surface area contributed by atoms with Gasteiger partial charge >= 0.3 is 6.09 Å². The summed E-state index contributed by atoms with van der Waals surface area (Å²) in [6.45, 7) is 8.47. The maximum absolute atomic E-state index is 13.5. The summed E-state index contributed by atoms with van der Waals surface area (Å²) < 4.78 is 19.0. The molecule has 1 aliphatic heterocycles. The third-order valence-electron chi connectivity index (χ3n) is 4.77. The molecule has 1 aliphatic rings. The Morgan fingerprint density at radius 2 is 1.94 bits per heavy atom. The van der Waals surface area contributed by atoms with Gasteiger partial charge in [-0.25, -0.2) is 9.18 Å². The molecule has 170 valence electrons. The summed E-state index contributed by atoms with van der Waals surface area (Å²) in [5.74, 6) is -1.55. The highest BCUT2D eigenvalue weighted by atomic mass is 35.5. The zero-order chi connectivity index (χ0) is 23.7. The lowest BCUT2D eigenvalue weighted by molar-refractivity contribution is -0.668. The van der Waals surface area contributed by atoms with Crippen LogP contribution in [0.3, 0.4) is 0 Å². The summed E-state index contributed by atoms with van der Waals surface area (Å²) in [5.41, 5.74) is 3.70. The van der Waals surface area contributed by atoms with Crippen LogP contribution in [-0.4, -0.2) is 58.1 Å². The van der Waals surface area contributed by atoms with Crippen LogP contribution in [0.4, 0.5) is 9.18 Å². The third kappa shape index (κ3) is 6.25. The number of hydrogen-bond acceptors (Lipinski definition) is 5. The van der Waals surface area contributed by atoms with Crippen LogP contribution in [0.1, 0.15) is 40.2 Å². The fourth-order valence-corrected chi connectivity index (χ4v) is 3.33. The van der Waals surface area contributed by atoms with Crippen LogP contribution in [0.5, 0.6) is 0 Å². The molecular weight excluding hydrogens is 427 g/mol. The van der Waals surface area contributed by atoms with Gasteiger partial charge in [0, 0.05) is 5.56 Å². The number of nitrogens with zero attached hydrogens (tertiary/aromatic N) is 1. The Bertz CT molecular complexity index is 934. The van der Waals surface area contributed by atoms with E-state index in [0.717, 1.165) is 6.07 Å². The number of carbonyl (C=O) groups is 2. The maximum Gasteiger partial charge on any atom is 0.411 e. The molecule has 1 heterocycles. The van der Waals surface area contributed by atoms with Crippen molar-refractivity contribution in [3.8, 4) is 0 Å². The van der Waals surface area contributed by atoms with Crippen LogP contribution < -0.4 is 11.1 Å². The smallest absolute Gasteiger partial charge is 0.411 e. The van der Waals surface area contributed by atoms with Crippen molar-refractivity contribution < 1.29 is 29.1 Å². The lowest BCUT2D eigenvalue weighted by Gasteiger charge is -2.38. The fourth-order valence-electron chi connectivity index (χ4n) is 3.15. The first kappa shape index (κ1) is 24.8. The molecule has 2 rings (SSSR count). The molecule has 31 heavy (non-hydrogen) atoms. The van der Waals surface area contributed by atoms with Gasteiger partial charge in [-0.2, -0.15) is 0 Å². The van der Waals surface area contributed by atoms with Crippen LogP contribution in [0.25, 0.3) is 0 Å². The van der Waals surface area contributed by atoms with E-state index in [9.17, 15) is 19.1 Å². The molecule has 0 spiro atoms. The maximum atomic E-state index is 13.5. The standard InChI is InChI=1S/C21H28ClFN4O4/c1-20(2,3)31-19(29)27-9-14(26-15(10-27)21(4,5)30)16(18(25)28)17(24)11-6-7-13(23)12(22)8-11/h6-8,15,24,26,30H,9-10H2,1-5H3,(H2,25,28)/p+1/b16-14+,24-17?. The molecule has 0 aromatic heterocycles. The van der Waals surface area contributed by atoms with E-state index in [2.05, 4.69) is 0 Å². The molecule has 10 heteroatoms. The lowest BCUT2D eigenvalue weighted by atomic mass is 9.93. The number of piperazine rings is 1. The number of halogens is 2. The number of nitrogens with two attached hydrogens (primary N) is 2. The second-order valence-corrected chi connectivity index (χ2v) is 9.46. The second-order valence-electron chi connectivity index (χ2n) is 9.06. The van der Waals surface area contributed by atoms with Gasteiger partial charge < -0.3 is 20.9 Å². The number of carbonyl (C=O) groups excluding carboxylic acids is 2. The van der Waals surface area contributed by atoms with Crippen LogP contribution in [0, 0.1) is 11.2 Å². The number of nitrogens with one attached hydrogen (secondary N) is 1. The Labute approximate surface area is 185 Å². The largest absolute Gasteiger partial charge is 0.444 e. The SMILES string of the molecule is CC(C)(C)OC(=O)N1C/C(=C(/C(=N)c2ccc(F)c(Cl)c2)C(N)=O)[NH2+]C(C(C)(C)O)C1. The molecule has 6 N–H and O–H groups in total. The zero-order valence-electron chi connectivity index (χ0n) is 18.3. The Hall–Kier alpha value is -2.49. The molecule has 1 fully saturated rings. The number of amides is 2. The number of primary amides is 1. The van der Waals surface area contributed by atoms with Crippen molar-refractivity contribution in [2.45, 2.75) is 51.9 Å². The monoisotopic (exact) mass is 455 g/mol. The van der Waals surface area contributed by atoms with Gasteiger partial charge in [-0.05, 0) is 52.8 Å². The minimum Gasteiger partial charge on any atom is -0.444 e. The Morgan fingerprint density at radius 1 is 1.32 bits per heavy atom. The van der Waals surface area contributed by atoms with Crippen LogP contribution in [-0.2, 0) is 9.53 Å². The van der Waals surface area contributed by atoms with Gasteiger partial charge in [0.15, 0.2) is 0 Å². The van der Waals surface area contributed by atoms with Crippen LogP contribution >= 0.6 is 11.6 Å². The zero-order valence-corrected chi connectivity index (χ0v) is 19.0. The quantitative estimate of drug-likeness (QED) is 0.404. The topological polar surface area (TPSA) is 133 Å². The summed E-state index contributed by atoms with van der Waals surface area (Å²) in [4.78, 5) is 26.4. The Kier molecular flexibility index (Phi) is 7.14. The van der Waals surface area contributed by atoms with E-state index in [1.807, 2.05) is 0 Å². The van der Waals surface area contributed by atoms with Crippen molar-refractivity contribution in [3.05, 3.63) is 45.9 Å². The summed E-state index contributed by atoms with van der Waals surface area (Å²) in [6.07, 6.45) is -0.618. The number of hydrogen-bond donors (Lipinski definition) is 4. The van der Waals surface area contributed by atoms with E-state index in [4.69, 9.17) is 27.5 Å². The molecule has 1 aromatic carbocycles. The van der Waals surface area contributed by atoms with Crippen molar-refractivity contribution in [2.75, 3.05) is 13.1 Å². The first-order valence-corrected chi connectivity index (χ1v) is 10.1. The molecule has 1 unspecified atom stereocenters. The number of quaternary nitrogens is 1. The highest BCUT2D eigenvalue weighted by molar-refractivity contribution is 6.32. The number of ether oxygens (including phenoxy) is 1. The average molecular weight is 456 g/mol. The first-order valence-electron chi connectivity index (χ1n) is 9.72. The highest BCUT2D eigenvalue weighted by Gasteiger charge is 2.42. The van der Waals surface area contributed by atoms with E-state index >= 15 is 0 Å². The number of rotatable bonds is 4. The van der Waals surface area contributed by atoms with Crippen molar-refractivity contribution in [3.63, 3.8) is 0 Å². The molecule has 0 aliphatic carbocycles. The second kappa shape index (κ2) is 8.94. The van der Waals surface area contributed by atoms with Crippen molar-refractivity contribution in [1.82, 2.24) is 4.90 Å². The van der Waals surface area contributed by atoms with Gasteiger partial charge in [0.2, 0.25) is 0 Å². The number of benzene rings is 1. The number of aliphatic hydroxyl groups is 1. The molecule has 0 radical (unpaired) electrons. The molecule has 0 saturated carbocycles. The molecule has 2 amide bonds. The van der Waals surface area contributed by atoms with E-state index < -0.39 is 35.1 Å². The summed E-state index contributed by atoms with van der Waals surface area (Å²) in [6, 6.07) is 3.08. The van der Waals surface area contributed by atoms with E-state index in [1.54, 1.807) is 39.9 Å². The van der Waals surface area contributed by atoms with Crippen molar-refractivity contribution >= 4 is 29.3 Å². The predicted octanol–water partition coefficient (Wildman–Crippen LogP) is 1.54. The van der Waals surface area contributed by atoms with E-state index in [-0.39, 0.29) is 35.0 Å². The van der Waals surface area contributed by atoms with Crippen LogP contribution in [0.2, 0.25) is 5.02 Å². The highest BCUT2D eigenvalue weighted by Crippen LogP contribution is 2.21. The molecular formula is C21H29ClFN4O4+. The minimum atomic E-state index is -1.23. The van der Waals surface area contributed by atoms with Gasteiger partial charge in [-0.15, -0.1) is 0 Å². The van der Waals surface area contributed by atoms with Crippen molar-refractivity contribution in [2.24, 2.45) is 5.73 Å². The molecule has 0 bridgehead atoms. The molecule has 1 saturated heterocycles. The van der Waals surface area contributed by atoms with Gasteiger partial charge in [0.05, 0.1) is 23.8 Å². The van der Waals surface area contributed by atoms with Gasteiger partial charge in [-0.1, -0.05) is 11.6 Å².